The van der Waals surface area contributed by atoms with Gasteiger partial charge in [0.2, 0.25) is 11.9 Å². The van der Waals surface area contributed by atoms with E-state index in [9.17, 15) is 4.79 Å². The van der Waals surface area contributed by atoms with Gasteiger partial charge in [-0.3, -0.25) is 4.79 Å². The van der Waals surface area contributed by atoms with Gasteiger partial charge in [0, 0.05) is 57.5 Å². The zero-order valence-corrected chi connectivity index (χ0v) is 16.3. The molecule has 0 aliphatic carbocycles. The Morgan fingerprint density at radius 2 is 1.45 bits per heavy atom. The highest BCUT2D eigenvalue weighted by molar-refractivity contribution is 5.93. The molecule has 1 fully saturated rings. The van der Waals surface area contributed by atoms with Crippen LogP contribution in [0.15, 0.2) is 55.1 Å². The molecule has 0 atom stereocenters. The van der Waals surface area contributed by atoms with Crippen LogP contribution in [0.1, 0.15) is 21.5 Å². The molecule has 8 nitrogen and oxygen atoms in total. The number of carbonyl (C=O) groups excluding carboxylic acids is 1. The zero-order valence-electron chi connectivity index (χ0n) is 16.3. The van der Waals surface area contributed by atoms with E-state index in [-0.39, 0.29) is 5.91 Å². The first-order chi connectivity index (χ1) is 14.2. The molecule has 3 aromatic rings. The molecule has 3 heterocycles. The van der Waals surface area contributed by atoms with E-state index in [1.807, 2.05) is 37.3 Å². The molecule has 1 aliphatic heterocycles. The zero-order chi connectivity index (χ0) is 20.1. The Balaban J connectivity index is 1.31. The lowest BCUT2D eigenvalue weighted by molar-refractivity contribution is 0.0950. The van der Waals surface area contributed by atoms with Crippen molar-refractivity contribution in [2.75, 3.05) is 36.0 Å². The van der Waals surface area contributed by atoms with Gasteiger partial charge < -0.3 is 15.1 Å². The molecule has 2 aromatic heterocycles. The maximum Gasteiger partial charge on any atom is 0.254 e. The molecular weight excluding hydrogens is 366 g/mol. The molecule has 1 saturated heterocycles. The van der Waals surface area contributed by atoms with E-state index in [1.165, 1.54) is 5.56 Å². The van der Waals surface area contributed by atoms with Gasteiger partial charge in [0.05, 0.1) is 5.56 Å². The van der Waals surface area contributed by atoms with Crippen LogP contribution in [0.2, 0.25) is 0 Å². The molecule has 0 spiro atoms. The highest BCUT2D eigenvalue weighted by Gasteiger charge is 2.20. The molecule has 8 heteroatoms. The number of piperazine rings is 1. The van der Waals surface area contributed by atoms with E-state index < -0.39 is 0 Å². The van der Waals surface area contributed by atoms with E-state index in [2.05, 4.69) is 35.1 Å². The van der Waals surface area contributed by atoms with Crippen LogP contribution >= 0.6 is 0 Å². The summed E-state index contributed by atoms with van der Waals surface area (Å²) in [4.78, 5) is 34.0. The molecular formula is C21H23N7O. The number of nitrogens with one attached hydrogen (secondary N) is 1. The average Bonchev–Trinajstić information content (AvgIpc) is 2.79. The van der Waals surface area contributed by atoms with Crippen LogP contribution in [0.3, 0.4) is 0 Å². The maximum absolute atomic E-state index is 12.3. The molecule has 29 heavy (non-hydrogen) atoms. The van der Waals surface area contributed by atoms with Crippen LogP contribution in [0.5, 0.6) is 0 Å². The van der Waals surface area contributed by atoms with Gasteiger partial charge in [-0.1, -0.05) is 29.8 Å². The van der Waals surface area contributed by atoms with E-state index in [0.717, 1.165) is 37.7 Å². The molecule has 1 N–H and O–H groups in total. The molecule has 0 bridgehead atoms. The fraction of sp³-hybridized carbons (Fsp3) is 0.286. The third-order valence-corrected chi connectivity index (χ3v) is 4.87. The number of hydrogen-bond acceptors (Lipinski definition) is 7. The maximum atomic E-state index is 12.3. The Kier molecular flexibility index (Phi) is 5.60. The van der Waals surface area contributed by atoms with Crippen molar-refractivity contribution in [3.8, 4) is 0 Å². The molecule has 0 radical (unpaired) electrons. The number of benzene rings is 1. The first kappa shape index (κ1) is 18.8. The highest BCUT2D eigenvalue weighted by Crippen LogP contribution is 2.14. The van der Waals surface area contributed by atoms with Gasteiger partial charge in [-0.2, -0.15) is 0 Å². The summed E-state index contributed by atoms with van der Waals surface area (Å²) in [6.07, 6.45) is 6.67. The summed E-state index contributed by atoms with van der Waals surface area (Å²) in [5, 5.41) is 2.90. The van der Waals surface area contributed by atoms with Crippen LogP contribution in [0, 0.1) is 6.92 Å². The number of rotatable bonds is 5. The smallest absolute Gasteiger partial charge is 0.254 e. The number of carbonyl (C=O) groups is 1. The van der Waals surface area contributed by atoms with Gasteiger partial charge >= 0.3 is 0 Å². The predicted molar refractivity (Wildman–Crippen MR) is 111 cm³/mol. The first-order valence-corrected chi connectivity index (χ1v) is 9.62. The van der Waals surface area contributed by atoms with Crippen molar-refractivity contribution in [3.63, 3.8) is 0 Å². The molecule has 1 amide bonds. The Hall–Kier alpha value is -3.55. The van der Waals surface area contributed by atoms with Gasteiger partial charge in [0.25, 0.3) is 5.91 Å². The first-order valence-electron chi connectivity index (χ1n) is 9.62. The third kappa shape index (κ3) is 4.66. The second kappa shape index (κ2) is 8.64. The van der Waals surface area contributed by atoms with Crippen LogP contribution in [-0.4, -0.2) is 52.0 Å². The lowest BCUT2D eigenvalue weighted by atomic mass is 10.1. The lowest BCUT2D eigenvalue weighted by Crippen LogP contribution is -2.47. The third-order valence-electron chi connectivity index (χ3n) is 4.87. The largest absolute Gasteiger partial charge is 0.348 e. The minimum absolute atomic E-state index is 0.178. The van der Waals surface area contributed by atoms with E-state index in [4.69, 9.17) is 0 Å². The van der Waals surface area contributed by atoms with Crippen molar-refractivity contribution in [2.24, 2.45) is 0 Å². The number of anilines is 2. The normalized spacial score (nSPS) is 14.0. The average molecular weight is 389 g/mol. The Morgan fingerprint density at radius 3 is 2.03 bits per heavy atom. The second-order valence-electron chi connectivity index (χ2n) is 6.96. The molecule has 1 aromatic carbocycles. The predicted octanol–water partition coefficient (Wildman–Crippen LogP) is 1.83. The van der Waals surface area contributed by atoms with E-state index in [0.29, 0.717) is 18.1 Å². The Labute approximate surface area is 169 Å². The Morgan fingerprint density at radius 1 is 0.897 bits per heavy atom. The lowest BCUT2D eigenvalue weighted by Gasteiger charge is -2.34. The van der Waals surface area contributed by atoms with Crippen molar-refractivity contribution < 1.29 is 4.79 Å². The standard InChI is InChI=1S/C21H23N7O/c1-16-3-5-17(6-4-16)13-24-19(29)18-14-25-21(26-15-18)28-11-9-27(10-12-28)20-22-7-2-8-23-20/h2-8,14-15H,9-13H2,1H3,(H,24,29). The number of hydrogen-bond donors (Lipinski definition) is 1. The summed E-state index contributed by atoms with van der Waals surface area (Å²) in [7, 11) is 0. The van der Waals surface area contributed by atoms with E-state index >= 15 is 0 Å². The summed E-state index contributed by atoms with van der Waals surface area (Å²) in [5.41, 5.74) is 2.71. The Bertz CT molecular complexity index is 937. The van der Waals surface area contributed by atoms with Crippen LogP contribution in [0.4, 0.5) is 11.9 Å². The number of aromatic nitrogens is 4. The van der Waals surface area contributed by atoms with Crippen molar-refractivity contribution in [3.05, 3.63) is 71.8 Å². The summed E-state index contributed by atoms with van der Waals surface area (Å²) >= 11 is 0. The van der Waals surface area contributed by atoms with Crippen molar-refractivity contribution >= 4 is 17.8 Å². The van der Waals surface area contributed by atoms with Gasteiger partial charge in [-0.05, 0) is 18.6 Å². The van der Waals surface area contributed by atoms with Crippen molar-refractivity contribution in [2.45, 2.75) is 13.5 Å². The topological polar surface area (TPSA) is 87.1 Å². The molecule has 148 valence electrons. The van der Waals surface area contributed by atoms with Crippen LogP contribution in [-0.2, 0) is 6.54 Å². The second-order valence-corrected chi connectivity index (χ2v) is 6.96. The fourth-order valence-electron chi connectivity index (χ4n) is 3.15. The van der Waals surface area contributed by atoms with Gasteiger partial charge in [0.1, 0.15) is 0 Å². The van der Waals surface area contributed by atoms with Crippen LogP contribution in [0.25, 0.3) is 0 Å². The monoisotopic (exact) mass is 389 g/mol. The van der Waals surface area contributed by atoms with Gasteiger partial charge in [-0.25, -0.2) is 19.9 Å². The van der Waals surface area contributed by atoms with Gasteiger partial charge in [-0.15, -0.1) is 0 Å². The van der Waals surface area contributed by atoms with Gasteiger partial charge in [0.15, 0.2) is 0 Å². The SMILES string of the molecule is Cc1ccc(CNC(=O)c2cnc(N3CCN(c4ncccn4)CC3)nc2)cc1. The van der Waals surface area contributed by atoms with E-state index in [1.54, 1.807) is 24.8 Å². The molecule has 0 saturated carbocycles. The number of aryl methyl sites for hydroxylation is 1. The minimum Gasteiger partial charge on any atom is -0.348 e. The molecule has 4 rings (SSSR count). The summed E-state index contributed by atoms with van der Waals surface area (Å²) < 4.78 is 0. The fourth-order valence-corrected chi connectivity index (χ4v) is 3.15. The molecule has 1 aliphatic rings. The quantitative estimate of drug-likeness (QED) is 0.712. The highest BCUT2D eigenvalue weighted by atomic mass is 16.1. The van der Waals surface area contributed by atoms with Crippen molar-refractivity contribution in [1.29, 1.82) is 0 Å². The van der Waals surface area contributed by atoms with Crippen LogP contribution < -0.4 is 15.1 Å². The van der Waals surface area contributed by atoms with Crippen molar-refractivity contribution in [1.82, 2.24) is 25.3 Å². The molecule has 0 unspecified atom stereocenters. The number of amides is 1. The summed E-state index contributed by atoms with van der Waals surface area (Å²) in [6.45, 7) is 5.66. The number of nitrogens with zero attached hydrogens (tertiary/aromatic N) is 6. The summed E-state index contributed by atoms with van der Waals surface area (Å²) in [5.74, 6) is 1.20. The summed E-state index contributed by atoms with van der Waals surface area (Å²) in [6, 6.07) is 9.89. The minimum atomic E-state index is -0.178.